The lowest BCUT2D eigenvalue weighted by molar-refractivity contribution is 0.349. The third-order valence-corrected chi connectivity index (χ3v) is 3.32. The SMILES string of the molecule is CN1Cc2nc(C(C)(C)C)nc(C(C)(C)C)c2C1. The molecule has 0 spiro atoms. The van der Waals surface area contributed by atoms with Crippen LogP contribution in [-0.2, 0) is 23.9 Å². The molecule has 0 N–H and O–H groups in total. The number of hydrogen-bond acceptors (Lipinski definition) is 3. The van der Waals surface area contributed by atoms with Crippen LogP contribution in [0.3, 0.4) is 0 Å². The van der Waals surface area contributed by atoms with Gasteiger partial charge in [0.1, 0.15) is 5.82 Å². The van der Waals surface area contributed by atoms with Crippen LogP contribution in [0.2, 0.25) is 0 Å². The highest BCUT2D eigenvalue weighted by Gasteiger charge is 2.31. The lowest BCUT2D eigenvalue weighted by atomic mass is 9.87. The summed E-state index contributed by atoms with van der Waals surface area (Å²) >= 11 is 0. The summed E-state index contributed by atoms with van der Waals surface area (Å²) in [6.45, 7) is 15.2. The summed E-state index contributed by atoms with van der Waals surface area (Å²) in [4.78, 5) is 12.0. The van der Waals surface area contributed by atoms with Crippen LogP contribution >= 0.6 is 0 Å². The van der Waals surface area contributed by atoms with Crippen molar-refractivity contribution in [3.63, 3.8) is 0 Å². The summed E-state index contributed by atoms with van der Waals surface area (Å²) < 4.78 is 0. The molecule has 0 aliphatic carbocycles. The van der Waals surface area contributed by atoms with E-state index in [1.165, 1.54) is 17.0 Å². The van der Waals surface area contributed by atoms with Crippen LogP contribution in [0.4, 0.5) is 0 Å². The Morgan fingerprint density at radius 2 is 1.50 bits per heavy atom. The van der Waals surface area contributed by atoms with E-state index in [9.17, 15) is 0 Å². The maximum absolute atomic E-state index is 4.88. The van der Waals surface area contributed by atoms with Crippen molar-refractivity contribution in [2.75, 3.05) is 7.05 Å². The predicted octanol–water partition coefficient (Wildman–Crippen LogP) is 3.02. The third kappa shape index (κ3) is 2.41. The van der Waals surface area contributed by atoms with Crippen molar-refractivity contribution in [3.8, 4) is 0 Å². The molecule has 1 aromatic rings. The fourth-order valence-corrected chi connectivity index (χ4v) is 2.36. The van der Waals surface area contributed by atoms with Crippen molar-refractivity contribution < 1.29 is 0 Å². The Bertz CT molecular complexity index is 464. The smallest absolute Gasteiger partial charge is 0.134 e. The molecule has 0 fully saturated rings. The van der Waals surface area contributed by atoms with E-state index in [4.69, 9.17) is 9.97 Å². The summed E-state index contributed by atoms with van der Waals surface area (Å²) in [6.07, 6.45) is 0. The molecule has 3 nitrogen and oxygen atoms in total. The van der Waals surface area contributed by atoms with Gasteiger partial charge in [0.15, 0.2) is 0 Å². The van der Waals surface area contributed by atoms with Crippen LogP contribution in [0.25, 0.3) is 0 Å². The number of aromatic nitrogens is 2. The van der Waals surface area contributed by atoms with Gasteiger partial charge in [-0.25, -0.2) is 9.97 Å². The van der Waals surface area contributed by atoms with Crippen LogP contribution in [0.1, 0.15) is 64.3 Å². The number of nitrogens with zero attached hydrogens (tertiary/aromatic N) is 3. The van der Waals surface area contributed by atoms with Crippen molar-refractivity contribution in [1.29, 1.82) is 0 Å². The number of rotatable bonds is 0. The summed E-state index contributed by atoms with van der Waals surface area (Å²) in [5.41, 5.74) is 3.89. The van der Waals surface area contributed by atoms with Gasteiger partial charge >= 0.3 is 0 Å². The topological polar surface area (TPSA) is 29.0 Å². The Labute approximate surface area is 111 Å². The molecule has 3 heteroatoms. The zero-order valence-corrected chi connectivity index (χ0v) is 12.8. The van der Waals surface area contributed by atoms with Crippen molar-refractivity contribution in [2.45, 2.75) is 65.5 Å². The molecule has 0 unspecified atom stereocenters. The van der Waals surface area contributed by atoms with Crippen molar-refractivity contribution >= 4 is 0 Å². The van der Waals surface area contributed by atoms with Gasteiger partial charge in [-0.3, -0.25) is 4.90 Å². The van der Waals surface area contributed by atoms with E-state index in [-0.39, 0.29) is 10.8 Å². The third-order valence-electron chi connectivity index (χ3n) is 3.32. The van der Waals surface area contributed by atoms with Gasteiger partial charge in [-0.15, -0.1) is 0 Å². The molecule has 18 heavy (non-hydrogen) atoms. The van der Waals surface area contributed by atoms with Gasteiger partial charge in [0, 0.05) is 29.5 Å². The second-order valence-electron chi connectivity index (χ2n) is 7.49. The summed E-state index contributed by atoms with van der Waals surface area (Å²) in [5.74, 6) is 0.974. The second-order valence-corrected chi connectivity index (χ2v) is 7.49. The van der Waals surface area contributed by atoms with Crippen LogP contribution in [-0.4, -0.2) is 21.9 Å². The molecule has 0 amide bonds. The quantitative estimate of drug-likeness (QED) is 0.705. The molecule has 1 aliphatic rings. The van der Waals surface area contributed by atoms with E-state index in [0.29, 0.717) is 0 Å². The van der Waals surface area contributed by atoms with E-state index in [0.717, 1.165) is 18.9 Å². The van der Waals surface area contributed by atoms with Gasteiger partial charge in [-0.05, 0) is 7.05 Å². The van der Waals surface area contributed by atoms with Crippen LogP contribution in [0.5, 0.6) is 0 Å². The normalized spacial score (nSPS) is 17.1. The van der Waals surface area contributed by atoms with E-state index >= 15 is 0 Å². The summed E-state index contributed by atoms with van der Waals surface area (Å²) in [6, 6.07) is 0. The van der Waals surface area contributed by atoms with Gasteiger partial charge in [0.05, 0.1) is 11.4 Å². The Morgan fingerprint density at radius 3 is 2.00 bits per heavy atom. The summed E-state index contributed by atoms with van der Waals surface area (Å²) in [5, 5.41) is 0. The van der Waals surface area contributed by atoms with Gasteiger partial charge in [-0.1, -0.05) is 41.5 Å². The van der Waals surface area contributed by atoms with Crippen molar-refractivity contribution in [3.05, 3.63) is 22.8 Å². The minimum absolute atomic E-state index is 0.0101. The largest absolute Gasteiger partial charge is 0.296 e. The first-order valence-corrected chi connectivity index (χ1v) is 6.68. The molecule has 2 heterocycles. The van der Waals surface area contributed by atoms with Crippen LogP contribution in [0.15, 0.2) is 0 Å². The van der Waals surface area contributed by atoms with E-state index < -0.39 is 0 Å². The Hall–Kier alpha value is -0.960. The summed E-state index contributed by atoms with van der Waals surface area (Å²) in [7, 11) is 2.14. The molecular weight excluding hydrogens is 222 g/mol. The molecule has 0 saturated heterocycles. The minimum atomic E-state index is 0.0101. The molecule has 0 atom stereocenters. The van der Waals surface area contributed by atoms with Crippen LogP contribution in [0, 0.1) is 0 Å². The molecule has 1 aliphatic heterocycles. The van der Waals surface area contributed by atoms with Crippen molar-refractivity contribution in [2.24, 2.45) is 0 Å². The molecule has 100 valence electrons. The van der Waals surface area contributed by atoms with Gasteiger partial charge in [-0.2, -0.15) is 0 Å². The Kier molecular flexibility index (Phi) is 3.01. The Morgan fingerprint density at radius 1 is 0.889 bits per heavy atom. The van der Waals surface area contributed by atoms with Gasteiger partial charge in [0.2, 0.25) is 0 Å². The van der Waals surface area contributed by atoms with Gasteiger partial charge < -0.3 is 0 Å². The van der Waals surface area contributed by atoms with Crippen LogP contribution < -0.4 is 0 Å². The number of hydrogen-bond donors (Lipinski definition) is 0. The molecule has 0 bridgehead atoms. The monoisotopic (exact) mass is 247 g/mol. The fourth-order valence-electron chi connectivity index (χ4n) is 2.36. The highest BCUT2D eigenvalue weighted by Crippen LogP contribution is 2.32. The van der Waals surface area contributed by atoms with E-state index in [1.807, 2.05) is 0 Å². The second kappa shape index (κ2) is 4.02. The van der Waals surface area contributed by atoms with Gasteiger partial charge in [0.25, 0.3) is 0 Å². The van der Waals surface area contributed by atoms with E-state index in [1.54, 1.807) is 0 Å². The lowest BCUT2D eigenvalue weighted by Gasteiger charge is -2.25. The average molecular weight is 247 g/mol. The maximum Gasteiger partial charge on any atom is 0.134 e. The molecular formula is C15H25N3. The first-order chi connectivity index (χ1) is 8.09. The lowest BCUT2D eigenvalue weighted by Crippen LogP contribution is -2.24. The molecule has 0 radical (unpaired) electrons. The highest BCUT2D eigenvalue weighted by molar-refractivity contribution is 5.34. The standard InChI is InChI=1S/C15H25N3/c1-14(2,3)12-10-8-18(7)9-11(10)16-13(17-12)15(4,5)6/h8-9H2,1-7H3. The van der Waals surface area contributed by atoms with E-state index in [2.05, 4.69) is 53.5 Å². The molecule has 0 aromatic carbocycles. The minimum Gasteiger partial charge on any atom is -0.296 e. The molecule has 2 rings (SSSR count). The molecule has 1 aromatic heterocycles. The maximum atomic E-state index is 4.88. The molecule has 0 saturated carbocycles. The average Bonchev–Trinajstić information content (AvgIpc) is 2.52. The van der Waals surface area contributed by atoms with Crippen molar-refractivity contribution in [1.82, 2.24) is 14.9 Å². The zero-order valence-electron chi connectivity index (χ0n) is 12.8. The fraction of sp³-hybridized carbons (Fsp3) is 0.733. The highest BCUT2D eigenvalue weighted by atomic mass is 15.1. The predicted molar refractivity (Wildman–Crippen MR) is 74.6 cm³/mol. The number of fused-ring (bicyclic) bond motifs is 1. The first-order valence-electron chi connectivity index (χ1n) is 6.68. The first kappa shape index (κ1) is 13.5. The Balaban J connectivity index is 2.62. The zero-order chi connectivity index (χ0) is 13.7.